The normalized spacial score (nSPS) is 17.5. The van der Waals surface area contributed by atoms with Crippen LogP contribution in [0, 0.1) is 0 Å². The zero-order valence-corrected chi connectivity index (χ0v) is 11.9. The van der Waals surface area contributed by atoms with Crippen LogP contribution in [0.4, 0.5) is 0 Å². The molecule has 0 radical (unpaired) electrons. The van der Waals surface area contributed by atoms with Gasteiger partial charge in [-0.2, -0.15) is 0 Å². The molecule has 0 bridgehead atoms. The fraction of sp³-hybridized carbons (Fsp3) is 0.455. The molecule has 0 atom stereocenters. The molecule has 1 aromatic rings. The second-order valence-corrected chi connectivity index (χ2v) is 6.52. The van der Waals surface area contributed by atoms with E-state index in [1.54, 1.807) is 11.9 Å². The summed E-state index contributed by atoms with van der Waals surface area (Å²) in [5, 5.41) is 0. The Labute approximate surface area is 112 Å². The number of ketones is 1. The summed E-state index contributed by atoms with van der Waals surface area (Å²) in [6.07, 6.45) is 0. The zero-order chi connectivity index (χ0) is 12.4. The van der Waals surface area contributed by atoms with Gasteiger partial charge in [-0.15, -0.1) is 11.3 Å². The van der Waals surface area contributed by atoms with Crippen molar-refractivity contribution < 1.29 is 9.59 Å². The fourth-order valence-corrected chi connectivity index (χ4v) is 3.00. The highest BCUT2D eigenvalue weighted by molar-refractivity contribution is 9.11. The van der Waals surface area contributed by atoms with Gasteiger partial charge in [-0.1, -0.05) is 0 Å². The predicted octanol–water partition coefficient (Wildman–Crippen LogP) is 1.47. The van der Waals surface area contributed by atoms with Gasteiger partial charge in [-0.25, -0.2) is 0 Å². The topological polar surface area (TPSA) is 40.6 Å². The number of hydrogen-bond acceptors (Lipinski definition) is 4. The second kappa shape index (κ2) is 5.29. The van der Waals surface area contributed by atoms with Gasteiger partial charge < -0.3 is 4.90 Å². The molecule has 2 heterocycles. The number of carbonyl (C=O) groups is 2. The SMILES string of the molecule is CN1CCN(CC(=O)c2ccc(Br)s2)CC1=O. The first-order valence-corrected chi connectivity index (χ1v) is 6.92. The quantitative estimate of drug-likeness (QED) is 0.793. The number of thiophene rings is 1. The number of hydrogen-bond donors (Lipinski definition) is 0. The van der Waals surface area contributed by atoms with Crippen molar-refractivity contribution in [2.75, 3.05) is 33.2 Å². The van der Waals surface area contributed by atoms with Gasteiger partial charge in [0.15, 0.2) is 5.78 Å². The molecular formula is C11H13BrN2O2S. The van der Waals surface area contributed by atoms with Gasteiger partial charge in [0, 0.05) is 20.1 Å². The molecule has 4 nitrogen and oxygen atoms in total. The van der Waals surface area contributed by atoms with E-state index in [9.17, 15) is 9.59 Å². The third-order valence-electron chi connectivity index (χ3n) is 2.75. The summed E-state index contributed by atoms with van der Waals surface area (Å²) in [6.45, 7) is 2.13. The van der Waals surface area contributed by atoms with E-state index in [0.717, 1.165) is 15.2 Å². The first-order valence-electron chi connectivity index (χ1n) is 5.31. The molecule has 92 valence electrons. The van der Waals surface area contributed by atoms with Gasteiger partial charge in [-0.05, 0) is 28.1 Å². The van der Waals surface area contributed by atoms with Crippen LogP contribution in [0.3, 0.4) is 0 Å². The van der Waals surface area contributed by atoms with E-state index in [-0.39, 0.29) is 11.7 Å². The predicted molar refractivity (Wildman–Crippen MR) is 70.4 cm³/mol. The first kappa shape index (κ1) is 12.7. The Hall–Kier alpha value is -0.720. The molecule has 17 heavy (non-hydrogen) atoms. The van der Waals surface area contributed by atoms with Crippen LogP contribution < -0.4 is 0 Å². The molecule has 1 aliphatic heterocycles. The summed E-state index contributed by atoms with van der Waals surface area (Å²) < 4.78 is 0.954. The Balaban J connectivity index is 1.93. The summed E-state index contributed by atoms with van der Waals surface area (Å²) in [6, 6.07) is 3.68. The Bertz CT molecular complexity index is 446. The fourth-order valence-electron chi connectivity index (χ4n) is 1.69. The number of likely N-dealkylation sites (N-methyl/N-ethyl adjacent to an activating group) is 1. The monoisotopic (exact) mass is 316 g/mol. The Morgan fingerprint density at radius 2 is 2.24 bits per heavy atom. The van der Waals surface area contributed by atoms with E-state index in [0.29, 0.717) is 19.6 Å². The third-order valence-corrected chi connectivity index (χ3v) is 4.42. The molecule has 1 aliphatic rings. The molecule has 0 aliphatic carbocycles. The molecule has 1 aromatic heterocycles. The van der Waals surface area contributed by atoms with Gasteiger partial charge in [-0.3, -0.25) is 14.5 Å². The van der Waals surface area contributed by atoms with Crippen LogP contribution >= 0.6 is 27.3 Å². The molecule has 1 fully saturated rings. The van der Waals surface area contributed by atoms with Gasteiger partial charge in [0.2, 0.25) is 5.91 Å². The van der Waals surface area contributed by atoms with E-state index in [1.165, 1.54) is 11.3 Å². The minimum absolute atomic E-state index is 0.0800. The van der Waals surface area contributed by atoms with Crippen LogP contribution in [0.1, 0.15) is 9.67 Å². The summed E-state index contributed by atoms with van der Waals surface area (Å²) in [5.41, 5.74) is 0. The molecule has 0 saturated carbocycles. The minimum atomic E-state index is 0.0800. The van der Waals surface area contributed by atoms with E-state index in [4.69, 9.17) is 0 Å². The maximum Gasteiger partial charge on any atom is 0.236 e. The lowest BCUT2D eigenvalue weighted by Gasteiger charge is -2.31. The van der Waals surface area contributed by atoms with Gasteiger partial charge in [0.1, 0.15) is 0 Å². The van der Waals surface area contributed by atoms with E-state index < -0.39 is 0 Å². The molecule has 0 unspecified atom stereocenters. The van der Waals surface area contributed by atoms with Crippen molar-refractivity contribution in [1.29, 1.82) is 0 Å². The minimum Gasteiger partial charge on any atom is -0.343 e. The van der Waals surface area contributed by atoms with Crippen molar-refractivity contribution in [1.82, 2.24) is 9.80 Å². The van der Waals surface area contributed by atoms with Crippen LogP contribution in [0.25, 0.3) is 0 Å². The van der Waals surface area contributed by atoms with Crippen molar-refractivity contribution in [2.24, 2.45) is 0 Å². The van der Waals surface area contributed by atoms with E-state index in [1.807, 2.05) is 17.0 Å². The molecule has 1 saturated heterocycles. The molecule has 0 aromatic carbocycles. The van der Waals surface area contributed by atoms with Gasteiger partial charge in [0.05, 0.1) is 21.8 Å². The maximum atomic E-state index is 11.9. The molecular weight excluding hydrogens is 304 g/mol. The molecule has 0 spiro atoms. The summed E-state index contributed by atoms with van der Waals surface area (Å²) >= 11 is 4.77. The van der Waals surface area contributed by atoms with Gasteiger partial charge >= 0.3 is 0 Å². The highest BCUT2D eigenvalue weighted by Gasteiger charge is 2.23. The summed E-state index contributed by atoms with van der Waals surface area (Å²) in [5.74, 6) is 0.162. The van der Waals surface area contributed by atoms with E-state index >= 15 is 0 Å². The Kier molecular flexibility index (Phi) is 3.96. The smallest absolute Gasteiger partial charge is 0.236 e. The Morgan fingerprint density at radius 3 is 2.82 bits per heavy atom. The number of halogens is 1. The molecule has 1 amide bonds. The van der Waals surface area contributed by atoms with Crippen LogP contribution in [-0.2, 0) is 4.79 Å². The largest absolute Gasteiger partial charge is 0.343 e. The second-order valence-electron chi connectivity index (χ2n) is 4.05. The number of amides is 1. The average molecular weight is 317 g/mol. The van der Waals surface area contributed by atoms with Crippen molar-refractivity contribution in [3.05, 3.63) is 20.8 Å². The highest BCUT2D eigenvalue weighted by Crippen LogP contribution is 2.22. The Morgan fingerprint density at radius 1 is 1.47 bits per heavy atom. The standard InChI is InChI=1S/C11H13BrN2O2S/c1-13-4-5-14(7-11(13)16)6-8(15)9-2-3-10(12)17-9/h2-3H,4-7H2,1H3. The zero-order valence-electron chi connectivity index (χ0n) is 9.48. The number of rotatable bonds is 3. The van der Waals surface area contributed by atoms with Crippen molar-refractivity contribution in [2.45, 2.75) is 0 Å². The summed E-state index contributed by atoms with van der Waals surface area (Å²) in [7, 11) is 1.79. The molecule has 6 heteroatoms. The maximum absolute atomic E-state index is 11.9. The highest BCUT2D eigenvalue weighted by atomic mass is 79.9. The third kappa shape index (κ3) is 3.14. The number of carbonyl (C=O) groups excluding carboxylic acids is 2. The number of Topliss-reactive ketones (excluding diaryl/α,β-unsaturated/α-hetero) is 1. The number of piperazine rings is 1. The first-order chi connectivity index (χ1) is 8.06. The van der Waals surface area contributed by atoms with Crippen molar-refractivity contribution in [3.8, 4) is 0 Å². The van der Waals surface area contributed by atoms with Crippen LogP contribution in [-0.4, -0.2) is 54.7 Å². The lowest BCUT2D eigenvalue weighted by molar-refractivity contribution is -0.134. The van der Waals surface area contributed by atoms with Crippen LogP contribution in [0.15, 0.2) is 15.9 Å². The average Bonchev–Trinajstić information content (AvgIpc) is 2.70. The van der Waals surface area contributed by atoms with Crippen molar-refractivity contribution in [3.63, 3.8) is 0 Å². The lowest BCUT2D eigenvalue weighted by atomic mass is 10.2. The molecule has 0 N–H and O–H groups in total. The lowest BCUT2D eigenvalue weighted by Crippen LogP contribution is -2.49. The van der Waals surface area contributed by atoms with E-state index in [2.05, 4.69) is 15.9 Å². The summed E-state index contributed by atoms with van der Waals surface area (Å²) in [4.78, 5) is 27.8. The number of nitrogens with zero attached hydrogens (tertiary/aromatic N) is 2. The van der Waals surface area contributed by atoms with Crippen LogP contribution in [0.2, 0.25) is 0 Å². The van der Waals surface area contributed by atoms with Gasteiger partial charge in [0.25, 0.3) is 0 Å². The molecule has 2 rings (SSSR count). The van der Waals surface area contributed by atoms with Crippen molar-refractivity contribution >= 4 is 39.0 Å². The van der Waals surface area contributed by atoms with Crippen LogP contribution in [0.5, 0.6) is 0 Å².